The number of amides is 1. The number of aromatic nitrogens is 1. The smallest absolute Gasteiger partial charge is 0.251 e. The monoisotopic (exact) mass is 500 g/mol. The molecule has 3 aliphatic heterocycles. The van der Waals surface area contributed by atoms with Gasteiger partial charge in [-0.25, -0.2) is 0 Å². The molecule has 0 spiro atoms. The van der Waals surface area contributed by atoms with Crippen LogP contribution in [0, 0.1) is 0 Å². The highest BCUT2D eigenvalue weighted by atomic mass is 16.5. The molecule has 7 nitrogen and oxygen atoms in total. The number of nitrogens with zero attached hydrogens (tertiary/aromatic N) is 4. The van der Waals surface area contributed by atoms with Gasteiger partial charge in [-0.3, -0.25) is 9.78 Å². The SMILES string of the molecule is CN1CCN(c2c(-c3ccc(OC4CCN(C(=O)C5CCCO5)CC4)cc3)cnc3ccccc23)CC1. The molecular formula is C30H36N4O3. The van der Waals surface area contributed by atoms with Crippen LogP contribution in [0.1, 0.15) is 25.7 Å². The van der Waals surface area contributed by atoms with E-state index < -0.39 is 0 Å². The van der Waals surface area contributed by atoms with E-state index in [0.29, 0.717) is 6.61 Å². The zero-order chi connectivity index (χ0) is 25.2. The molecule has 3 aliphatic rings. The van der Waals surface area contributed by atoms with Crippen LogP contribution in [0.25, 0.3) is 22.0 Å². The summed E-state index contributed by atoms with van der Waals surface area (Å²) in [4.78, 5) is 24.3. The number of carbonyl (C=O) groups excluding carboxylic acids is 1. The molecule has 1 unspecified atom stereocenters. The summed E-state index contributed by atoms with van der Waals surface area (Å²) in [5, 5.41) is 1.20. The second kappa shape index (κ2) is 10.7. The average molecular weight is 501 g/mol. The van der Waals surface area contributed by atoms with Crippen LogP contribution in [0.3, 0.4) is 0 Å². The van der Waals surface area contributed by atoms with E-state index in [1.165, 1.54) is 11.1 Å². The summed E-state index contributed by atoms with van der Waals surface area (Å²) in [7, 11) is 2.19. The van der Waals surface area contributed by atoms with Crippen molar-refractivity contribution in [2.75, 3.05) is 57.8 Å². The third-order valence-corrected chi connectivity index (χ3v) is 7.99. The average Bonchev–Trinajstić information content (AvgIpc) is 3.49. The van der Waals surface area contributed by atoms with Gasteiger partial charge in [-0.05, 0) is 43.7 Å². The minimum absolute atomic E-state index is 0.127. The summed E-state index contributed by atoms with van der Waals surface area (Å²) in [6, 6.07) is 16.9. The molecule has 1 atom stereocenters. The van der Waals surface area contributed by atoms with Gasteiger partial charge in [0, 0.05) is 75.9 Å². The van der Waals surface area contributed by atoms with Gasteiger partial charge in [0.05, 0.1) is 11.2 Å². The minimum atomic E-state index is -0.231. The Morgan fingerprint density at radius 3 is 2.43 bits per heavy atom. The van der Waals surface area contributed by atoms with Crippen LogP contribution < -0.4 is 9.64 Å². The molecule has 3 aromatic rings. The van der Waals surface area contributed by atoms with Gasteiger partial charge in [-0.15, -0.1) is 0 Å². The van der Waals surface area contributed by atoms with Crippen molar-refractivity contribution in [2.24, 2.45) is 0 Å². The molecule has 4 heterocycles. The molecule has 3 fully saturated rings. The number of carbonyl (C=O) groups is 1. The summed E-state index contributed by atoms with van der Waals surface area (Å²) in [5.74, 6) is 1.03. The summed E-state index contributed by atoms with van der Waals surface area (Å²) in [6.07, 6.45) is 5.45. The number of benzene rings is 2. The van der Waals surface area contributed by atoms with Crippen LogP contribution in [0.5, 0.6) is 5.75 Å². The van der Waals surface area contributed by atoms with Gasteiger partial charge in [0.2, 0.25) is 0 Å². The van der Waals surface area contributed by atoms with Gasteiger partial charge in [-0.1, -0.05) is 30.3 Å². The molecule has 6 rings (SSSR count). The topological polar surface area (TPSA) is 58.1 Å². The Balaban J connectivity index is 1.16. The summed E-state index contributed by atoms with van der Waals surface area (Å²) >= 11 is 0. The fourth-order valence-electron chi connectivity index (χ4n) is 5.78. The third-order valence-electron chi connectivity index (χ3n) is 7.99. The first-order chi connectivity index (χ1) is 18.2. The number of rotatable bonds is 5. The Morgan fingerprint density at radius 1 is 0.946 bits per heavy atom. The van der Waals surface area contributed by atoms with Crippen LogP contribution in [0.2, 0.25) is 0 Å². The molecule has 0 saturated carbocycles. The number of para-hydroxylation sites is 1. The Hall–Kier alpha value is -3.16. The first-order valence-electron chi connectivity index (χ1n) is 13.6. The van der Waals surface area contributed by atoms with E-state index >= 15 is 0 Å². The van der Waals surface area contributed by atoms with Gasteiger partial charge >= 0.3 is 0 Å². The maximum Gasteiger partial charge on any atom is 0.251 e. The van der Waals surface area contributed by atoms with E-state index in [-0.39, 0.29) is 18.1 Å². The lowest BCUT2D eigenvalue weighted by molar-refractivity contribution is -0.142. The Labute approximate surface area is 219 Å². The molecule has 0 radical (unpaired) electrons. The molecule has 7 heteroatoms. The van der Waals surface area contributed by atoms with Crippen LogP contribution in [-0.4, -0.2) is 85.8 Å². The van der Waals surface area contributed by atoms with Gasteiger partial charge in [-0.2, -0.15) is 0 Å². The predicted molar refractivity (Wildman–Crippen MR) is 146 cm³/mol. The molecular weight excluding hydrogens is 464 g/mol. The number of piperazine rings is 1. The van der Waals surface area contributed by atoms with E-state index in [1.807, 2.05) is 11.1 Å². The van der Waals surface area contributed by atoms with Crippen LogP contribution >= 0.6 is 0 Å². The summed E-state index contributed by atoms with van der Waals surface area (Å²) in [5.41, 5.74) is 4.62. The highest BCUT2D eigenvalue weighted by Crippen LogP contribution is 2.37. The minimum Gasteiger partial charge on any atom is -0.490 e. The number of hydrogen-bond acceptors (Lipinski definition) is 6. The van der Waals surface area contributed by atoms with Crippen molar-refractivity contribution in [3.8, 4) is 16.9 Å². The van der Waals surface area contributed by atoms with Crippen molar-refractivity contribution < 1.29 is 14.3 Å². The van der Waals surface area contributed by atoms with Gasteiger partial charge in [0.25, 0.3) is 5.91 Å². The zero-order valence-corrected chi connectivity index (χ0v) is 21.6. The highest BCUT2D eigenvalue weighted by molar-refractivity contribution is 5.99. The normalized spacial score (nSPS) is 21.5. The molecule has 1 amide bonds. The zero-order valence-electron chi connectivity index (χ0n) is 21.6. The maximum atomic E-state index is 12.6. The van der Waals surface area contributed by atoms with Crippen molar-refractivity contribution in [1.29, 1.82) is 0 Å². The lowest BCUT2D eigenvalue weighted by Crippen LogP contribution is -2.45. The molecule has 0 N–H and O–H groups in total. The van der Waals surface area contributed by atoms with Gasteiger partial charge in [0.1, 0.15) is 18.0 Å². The largest absolute Gasteiger partial charge is 0.490 e. The number of pyridine rings is 1. The fraction of sp³-hybridized carbons (Fsp3) is 0.467. The van der Waals surface area contributed by atoms with Crippen molar-refractivity contribution in [3.63, 3.8) is 0 Å². The van der Waals surface area contributed by atoms with E-state index in [2.05, 4.69) is 65.4 Å². The standard InChI is InChI=1S/C30H36N4O3/c1-32-16-18-33(19-17-32)29-25-5-2-3-6-27(25)31-21-26(29)22-8-10-23(11-9-22)37-24-12-14-34(15-13-24)30(35)28-7-4-20-36-28/h2-3,5-6,8-11,21,24,28H,4,7,12-20H2,1H3. The van der Waals surface area contributed by atoms with E-state index in [4.69, 9.17) is 14.5 Å². The lowest BCUT2D eigenvalue weighted by Gasteiger charge is -2.36. The van der Waals surface area contributed by atoms with E-state index in [0.717, 1.165) is 87.3 Å². The Morgan fingerprint density at radius 2 is 1.70 bits per heavy atom. The number of likely N-dealkylation sites (N-methyl/N-ethyl adjacent to an activating group) is 1. The van der Waals surface area contributed by atoms with Crippen LogP contribution in [0.15, 0.2) is 54.7 Å². The molecule has 0 bridgehead atoms. The molecule has 3 saturated heterocycles. The molecule has 1 aromatic heterocycles. The quantitative estimate of drug-likeness (QED) is 0.523. The third kappa shape index (κ3) is 5.15. The van der Waals surface area contributed by atoms with E-state index in [9.17, 15) is 4.79 Å². The summed E-state index contributed by atoms with van der Waals surface area (Å²) in [6.45, 7) is 6.30. The van der Waals surface area contributed by atoms with Crippen molar-refractivity contribution in [3.05, 3.63) is 54.7 Å². The second-order valence-corrected chi connectivity index (χ2v) is 10.5. The van der Waals surface area contributed by atoms with Crippen molar-refractivity contribution >= 4 is 22.5 Å². The second-order valence-electron chi connectivity index (χ2n) is 10.5. The first kappa shape index (κ1) is 24.2. The number of anilines is 1. The number of hydrogen-bond donors (Lipinski definition) is 0. The predicted octanol–water partition coefficient (Wildman–Crippen LogP) is 4.20. The van der Waals surface area contributed by atoms with Gasteiger partial charge in [0.15, 0.2) is 0 Å². The molecule has 2 aromatic carbocycles. The van der Waals surface area contributed by atoms with Crippen molar-refractivity contribution in [1.82, 2.24) is 14.8 Å². The lowest BCUT2D eigenvalue weighted by atomic mass is 10.0. The first-order valence-corrected chi connectivity index (χ1v) is 13.6. The number of ether oxygens (including phenoxy) is 2. The Kier molecular flexibility index (Phi) is 6.98. The number of piperidine rings is 1. The number of fused-ring (bicyclic) bond motifs is 1. The van der Waals surface area contributed by atoms with Crippen LogP contribution in [0.4, 0.5) is 5.69 Å². The number of likely N-dealkylation sites (tertiary alicyclic amines) is 1. The van der Waals surface area contributed by atoms with Crippen molar-refractivity contribution in [2.45, 2.75) is 37.9 Å². The van der Waals surface area contributed by atoms with E-state index in [1.54, 1.807) is 0 Å². The highest BCUT2D eigenvalue weighted by Gasteiger charge is 2.31. The summed E-state index contributed by atoms with van der Waals surface area (Å²) < 4.78 is 11.9. The molecule has 194 valence electrons. The van der Waals surface area contributed by atoms with Gasteiger partial charge < -0.3 is 24.2 Å². The molecule has 0 aliphatic carbocycles. The molecule has 37 heavy (non-hydrogen) atoms. The maximum absolute atomic E-state index is 12.6. The van der Waals surface area contributed by atoms with Crippen LogP contribution in [-0.2, 0) is 9.53 Å². The Bertz CT molecular complexity index is 1230. The fourth-order valence-corrected chi connectivity index (χ4v) is 5.78.